The second-order valence-corrected chi connectivity index (χ2v) is 8.28. The Morgan fingerprint density at radius 1 is 1.29 bits per heavy atom. The number of rotatable bonds is 7. The number of hydrogen-bond donors (Lipinski definition) is 2. The van der Waals surface area contributed by atoms with Gasteiger partial charge in [-0.05, 0) is 24.6 Å². The zero-order valence-corrected chi connectivity index (χ0v) is 18.4. The van der Waals surface area contributed by atoms with Crippen molar-refractivity contribution >= 4 is 45.1 Å². The van der Waals surface area contributed by atoms with E-state index < -0.39 is 0 Å². The standard InChI is InChI=1S/C23H26N6OS/c1-3-6-22(29-16-26-18-7-4-5-8-21(18)29)31-17(2)23(30)27-19-15-25-10-9-20(19)28-13-11-24-12-14-28/h4-10,15-16,24H,2-3,11-14H2,1H3,(H,27,30). The van der Waals surface area contributed by atoms with E-state index in [0.717, 1.165) is 54.3 Å². The van der Waals surface area contributed by atoms with E-state index in [1.54, 1.807) is 18.7 Å². The number of piperazine rings is 1. The Kier molecular flexibility index (Phi) is 6.69. The second kappa shape index (κ2) is 9.80. The van der Waals surface area contributed by atoms with Crippen molar-refractivity contribution in [2.75, 3.05) is 36.4 Å². The van der Waals surface area contributed by atoms with Crippen LogP contribution >= 0.6 is 11.8 Å². The first-order chi connectivity index (χ1) is 15.2. The lowest BCUT2D eigenvalue weighted by Crippen LogP contribution is -2.43. The number of nitrogens with one attached hydrogen (secondary N) is 2. The van der Waals surface area contributed by atoms with Gasteiger partial charge in [-0.1, -0.05) is 43.5 Å². The molecule has 0 saturated carbocycles. The van der Waals surface area contributed by atoms with E-state index in [2.05, 4.69) is 45.1 Å². The molecule has 1 saturated heterocycles. The van der Waals surface area contributed by atoms with Gasteiger partial charge >= 0.3 is 0 Å². The molecule has 160 valence electrons. The van der Waals surface area contributed by atoms with Crippen molar-refractivity contribution in [1.82, 2.24) is 19.9 Å². The number of pyridine rings is 1. The number of fused-ring (bicyclic) bond motifs is 1. The number of benzene rings is 1. The number of carbonyl (C=O) groups is 1. The Balaban J connectivity index is 1.51. The van der Waals surface area contributed by atoms with Gasteiger partial charge in [0.2, 0.25) is 0 Å². The number of nitrogens with zero attached hydrogens (tertiary/aromatic N) is 4. The molecule has 1 aliphatic heterocycles. The van der Waals surface area contributed by atoms with E-state index in [1.165, 1.54) is 11.8 Å². The number of para-hydroxylation sites is 2. The highest BCUT2D eigenvalue weighted by Gasteiger charge is 2.18. The average molecular weight is 435 g/mol. The van der Waals surface area contributed by atoms with Gasteiger partial charge in [0, 0.05) is 32.4 Å². The van der Waals surface area contributed by atoms with Crippen LogP contribution in [0.1, 0.15) is 13.3 Å². The molecular weight excluding hydrogens is 408 g/mol. The fourth-order valence-corrected chi connectivity index (χ4v) is 4.42. The molecule has 3 aromatic rings. The molecule has 2 N–H and O–H groups in total. The number of allylic oxidation sites excluding steroid dienone is 1. The molecule has 0 atom stereocenters. The molecule has 1 aromatic carbocycles. The summed E-state index contributed by atoms with van der Waals surface area (Å²) in [6.45, 7) is 9.72. The largest absolute Gasteiger partial charge is 0.367 e. The Bertz CT molecular complexity index is 1120. The molecular formula is C23H26N6OS. The SMILES string of the molecule is C=C(SC(=CCC)n1cnc2ccccc21)C(=O)Nc1cnccc1N1CCNCC1. The third kappa shape index (κ3) is 4.81. The lowest BCUT2D eigenvalue weighted by atomic mass is 10.2. The molecule has 0 unspecified atom stereocenters. The van der Waals surface area contributed by atoms with Crippen LogP contribution < -0.4 is 15.5 Å². The maximum absolute atomic E-state index is 13.0. The molecule has 1 aliphatic rings. The van der Waals surface area contributed by atoms with Crippen molar-refractivity contribution < 1.29 is 4.79 Å². The van der Waals surface area contributed by atoms with Crippen LogP contribution in [-0.4, -0.2) is 46.6 Å². The normalized spacial score (nSPS) is 14.6. The van der Waals surface area contributed by atoms with E-state index in [1.807, 2.05) is 34.9 Å². The van der Waals surface area contributed by atoms with Gasteiger partial charge in [0.1, 0.15) is 6.33 Å². The number of amides is 1. The lowest BCUT2D eigenvalue weighted by Gasteiger charge is -2.30. The molecule has 7 nitrogen and oxygen atoms in total. The van der Waals surface area contributed by atoms with Crippen LogP contribution in [0.5, 0.6) is 0 Å². The monoisotopic (exact) mass is 434 g/mol. The van der Waals surface area contributed by atoms with E-state index in [4.69, 9.17) is 0 Å². The quantitative estimate of drug-likeness (QED) is 0.549. The maximum Gasteiger partial charge on any atom is 0.261 e. The summed E-state index contributed by atoms with van der Waals surface area (Å²) < 4.78 is 2.00. The molecule has 4 rings (SSSR count). The first-order valence-corrected chi connectivity index (χ1v) is 11.2. The molecule has 0 spiro atoms. The molecule has 1 amide bonds. The van der Waals surface area contributed by atoms with E-state index in [-0.39, 0.29) is 5.91 Å². The summed E-state index contributed by atoms with van der Waals surface area (Å²) in [4.78, 5) is 24.3. The topological polar surface area (TPSA) is 75.1 Å². The third-order valence-corrected chi connectivity index (χ3v) is 6.06. The predicted molar refractivity (Wildman–Crippen MR) is 129 cm³/mol. The summed E-state index contributed by atoms with van der Waals surface area (Å²) in [5.41, 5.74) is 3.59. The summed E-state index contributed by atoms with van der Waals surface area (Å²) in [5, 5.41) is 7.26. The van der Waals surface area contributed by atoms with Crippen LogP contribution in [0, 0.1) is 0 Å². The molecule has 0 radical (unpaired) electrons. The Hall–Kier alpha value is -3.10. The van der Waals surface area contributed by atoms with Crippen molar-refractivity contribution in [2.45, 2.75) is 13.3 Å². The number of aromatic nitrogens is 3. The smallest absolute Gasteiger partial charge is 0.261 e. The molecule has 31 heavy (non-hydrogen) atoms. The minimum absolute atomic E-state index is 0.235. The number of hydrogen-bond acceptors (Lipinski definition) is 6. The van der Waals surface area contributed by atoms with Crippen molar-refractivity contribution in [3.63, 3.8) is 0 Å². The number of imidazole rings is 1. The Morgan fingerprint density at radius 2 is 2.10 bits per heavy atom. The molecule has 0 aliphatic carbocycles. The molecule has 3 heterocycles. The van der Waals surface area contributed by atoms with Crippen LogP contribution in [0.3, 0.4) is 0 Å². The summed E-state index contributed by atoms with van der Waals surface area (Å²) >= 11 is 1.34. The minimum atomic E-state index is -0.235. The van der Waals surface area contributed by atoms with Gasteiger partial charge in [-0.25, -0.2) is 4.98 Å². The summed E-state index contributed by atoms with van der Waals surface area (Å²) in [5.74, 6) is -0.235. The van der Waals surface area contributed by atoms with Crippen molar-refractivity contribution in [3.05, 3.63) is 66.6 Å². The highest BCUT2D eigenvalue weighted by Crippen LogP contribution is 2.33. The fraction of sp³-hybridized carbons (Fsp3) is 0.261. The van der Waals surface area contributed by atoms with Crippen LogP contribution in [0.4, 0.5) is 11.4 Å². The first-order valence-electron chi connectivity index (χ1n) is 10.4. The van der Waals surface area contributed by atoms with Gasteiger partial charge in [-0.15, -0.1) is 0 Å². The van der Waals surface area contributed by atoms with Crippen molar-refractivity contribution in [1.29, 1.82) is 0 Å². The minimum Gasteiger partial charge on any atom is -0.367 e. The lowest BCUT2D eigenvalue weighted by molar-refractivity contribution is -0.112. The summed E-state index contributed by atoms with van der Waals surface area (Å²) in [6.07, 6.45) is 8.14. The third-order valence-electron chi connectivity index (χ3n) is 5.05. The first kappa shape index (κ1) is 21.1. The van der Waals surface area contributed by atoms with Crippen LogP contribution in [0.2, 0.25) is 0 Å². The molecule has 0 bridgehead atoms. The number of thioether (sulfide) groups is 1. The molecule has 2 aromatic heterocycles. The van der Waals surface area contributed by atoms with E-state index in [9.17, 15) is 4.79 Å². The van der Waals surface area contributed by atoms with E-state index in [0.29, 0.717) is 10.6 Å². The van der Waals surface area contributed by atoms with Gasteiger partial charge in [0.05, 0.1) is 38.5 Å². The van der Waals surface area contributed by atoms with Gasteiger partial charge in [0.15, 0.2) is 0 Å². The Morgan fingerprint density at radius 3 is 2.90 bits per heavy atom. The predicted octanol–water partition coefficient (Wildman–Crippen LogP) is 3.93. The van der Waals surface area contributed by atoms with Crippen molar-refractivity contribution in [3.8, 4) is 0 Å². The second-order valence-electron chi connectivity index (χ2n) is 7.16. The van der Waals surface area contributed by atoms with Gasteiger partial charge < -0.3 is 15.5 Å². The highest BCUT2D eigenvalue weighted by molar-refractivity contribution is 8.12. The number of carbonyl (C=O) groups excluding carboxylic acids is 1. The van der Waals surface area contributed by atoms with Gasteiger partial charge in [0.25, 0.3) is 5.91 Å². The maximum atomic E-state index is 13.0. The number of anilines is 2. The fourth-order valence-electron chi connectivity index (χ4n) is 3.53. The summed E-state index contributed by atoms with van der Waals surface area (Å²) in [7, 11) is 0. The molecule has 1 fully saturated rings. The van der Waals surface area contributed by atoms with E-state index >= 15 is 0 Å². The highest BCUT2D eigenvalue weighted by atomic mass is 32.2. The average Bonchev–Trinajstić information content (AvgIpc) is 3.24. The zero-order chi connectivity index (χ0) is 21.6. The Labute approximate surface area is 186 Å². The van der Waals surface area contributed by atoms with Crippen molar-refractivity contribution in [2.24, 2.45) is 0 Å². The van der Waals surface area contributed by atoms with Crippen LogP contribution in [0.15, 0.2) is 66.6 Å². The zero-order valence-electron chi connectivity index (χ0n) is 17.5. The van der Waals surface area contributed by atoms with Gasteiger partial charge in [-0.3, -0.25) is 14.3 Å². The summed E-state index contributed by atoms with van der Waals surface area (Å²) in [6, 6.07) is 9.88. The molecule has 8 heteroatoms. The van der Waals surface area contributed by atoms with Gasteiger partial charge in [-0.2, -0.15) is 0 Å². The van der Waals surface area contributed by atoms with Crippen LogP contribution in [-0.2, 0) is 4.79 Å². The van der Waals surface area contributed by atoms with Crippen LogP contribution in [0.25, 0.3) is 16.1 Å².